The number of nitrogens with one attached hydrogen (secondary N) is 1. The van der Waals surface area contributed by atoms with E-state index in [9.17, 15) is 0 Å². The Morgan fingerprint density at radius 2 is 2.11 bits per heavy atom. The van der Waals surface area contributed by atoms with Crippen LogP contribution in [0, 0.1) is 0 Å². The summed E-state index contributed by atoms with van der Waals surface area (Å²) < 4.78 is 0. The molecule has 0 radical (unpaired) electrons. The second-order valence-electron chi connectivity index (χ2n) is 1.76. The Morgan fingerprint density at radius 3 is 2.67 bits per heavy atom. The first-order valence-corrected chi connectivity index (χ1v) is 3.14. The maximum absolute atomic E-state index is 5.25. The third-order valence-corrected chi connectivity index (χ3v) is 0.954. The molecule has 0 aromatic rings. The SMILES string of the molecule is NCCCNCCON. The van der Waals surface area contributed by atoms with Crippen molar-refractivity contribution in [2.45, 2.75) is 6.42 Å². The lowest BCUT2D eigenvalue weighted by Crippen LogP contribution is -2.23. The minimum Gasteiger partial charge on any atom is -0.330 e. The Morgan fingerprint density at radius 1 is 1.33 bits per heavy atom. The van der Waals surface area contributed by atoms with Crippen molar-refractivity contribution >= 4 is 0 Å². The summed E-state index contributed by atoms with van der Waals surface area (Å²) in [6.07, 6.45) is 1.00. The predicted octanol–water partition coefficient (Wildman–Crippen LogP) is -1.18. The van der Waals surface area contributed by atoms with E-state index in [1.54, 1.807) is 0 Å². The third-order valence-electron chi connectivity index (χ3n) is 0.954. The van der Waals surface area contributed by atoms with Crippen LogP contribution in [0.3, 0.4) is 0 Å². The fraction of sp³-hybridized carbons (Fsp3) is 1.00. The Hall–Kier alpha value is -0.160. The summed E-state index contributed by atoms with van der Waals surface area (Å²) in [5.41, 5.74) is 5.25. The van der Waals surface area contributed by atoms with Gasteiger partial charge in [-0.15, -0.1) is 0 Å². The first kappa shape index (κ1) is 8.84. The van der Waals surface area contributed by atoms with Crippen LogP contribution >= 0.6 is 0 Å². The molecule has 0 unspecified atom stereocenters. The fourth-order valence-electron chi connectivity index (χ4n) is 0.483. The highest BCUT2D eigenvalue weighted by Crippen LogP contribution is 1.68. The molecule has 0 atom stereocenters. The van der Waals surface area contributed by atoms with Crippen molar-refractivity contribution in [3.05, 3.63) is 0 Å². The molecule has 0 aromatic heterocycles. The molecular weight excluding hydrogens is 118 g/mol. The number of hydrogen-bond acceptors (Lipinski definition) is 4. The van der Waals surface area contributed by atoms with Gasteiger partial charge in [0.1, 0.15) is 0 Å². The summed E-state index contributed by atoms with van der Waals surface area (Å²) >= 11 is 0. The molecule has 9 heavy (non-hydrogen) atoms. The lowest BCUT2D eigenvalue weighted by atomic mass is 10.4. The van der Waals surface area contributed by atoms with Gasteiger partial charge in [0.2, 0.25) is 0 Å². The first-order chi connectivity index (χ1) is 4.41. The molecule has 0 aliphatic carbocycles. The summed E-state index contributed by atoms with van der Waals surface area (Å²) in [6, 6.07) is 0. The van der Waals surface area contributed by atoms with E-state index < -0.39 is 0 Å². The molecule has 0 aliphatic rings. The maximum atomic E-state index is 5.25. The summed E-state index contributed by atoms with van der Waals surface area (Å²) in [7, 11) is 0. The highest BCUT2D eigenvalue weighted by molar-refractivity contribution is 4.45. The molecule has 0 saturated carbocycles. The molecule has 0 fully saturated rings. The molecule has 0 aromatic carbocycles. The topological polar surface area (TPSA) is 73.3 Å². The van der Waals surface area contributed by atoms with Gasteiger partial charge in [-0.2, -0.15) is 0 Å². The zero-order valence-electron chi connectivity index (χ0n) is 5.60. The fourth-order valence-corrected chi connectivity index (χ4v) is 0.483. The molecule has 0 heterocycles. The van der Waals surface area contributed by atoms with Gasteiger partial charge in [0.25, 0.3) is 0 Å². The van der Waals surface area contributed by atoms with Crippen LogP contribution in [0.1, 0.15) is 6.42 Å². The van der Waals surface area contributed by atoms with Crippen molar-refractivity contribution in [1.29, 1.82) is 0 Å². The van der Waals surface area contributed by atoms with E-state index in [2.05, 4.69) is 10.2 Å². The van der Waals surface area contributed by atoms with Crippen molar-refractivity contribution in [2.24, 2.45) is 11.6 Å². The average molecular weight is 133 g/mol. The van der Waals surface area contributed by atoms with Crippen LogP contribution in [0.25, 0.3) is 0 Å². The largest absolute Gasteiger partial charge is 0.330 e. The summed E-state index contributed by atoms with van der Waals surface area (Å²) in [4.78, 5) is 4.33. The van der Waals surface area contributed by atoms with E-state index in [1.807, 2.05) is 0 Å². The predicted molar refractivity (Wildman–Crippen MR) is 36.7 cm³/mol. The zero-order chi connectivity index (χ0) is 6.95. The van der Waals surface area contributed by atoms with Gasteiger partial charge in [0.05, 0.1) is 6.61 Å². The van der Waals surface area contributed by atoms with Crippen molar-refractivity contribution in [1.82, 2.24) is 5.32 Å². The lowest BCUT2D eigenvalue weighted by molar-refractivity contribution is 0.140. The Kier molecular flexibility index (Phi) is 7.70. The minimum atomic E-state index is 0.560. The van der Waals surface area contributed by atoms with Crippen molar-refractivity contribution in [3.63, 3.8) is 0 Å². The van der Waals surface area contributed by atoms with Crippen LogP contribution in [-0.2, 0) is 4.84 Å². The summed E-state index contributed by atoms with van der Waals surface area (Å²) in [6.45, 7) is 3.04. The Labute approximate surface area is 55.5 Å². The zero-order valence-corrected chi connectivity index (χ0v) is 5.60. The van der Waals surface area contributed by atoms with Gasteiger partial charge in [-0.05, 0) is 19.5 Å². The normalized spacial score (nSPS) is 10.0. The maximum Gasteiger partial charge on any atom is 0.0803 e. The smallest absolute Gasteiger partial charge is 0.0803 e. The van der Waals surface area contributed by atoms with Crippen molar-refractivity contribution in [3.8, 4) is 0 Å². The second kappa shape index (κ2) is 7.84. The van der Waals surface area contributed by atoms with Gasteiger partial charge in [0, 0.05) is 6.54 Å². The van der Waals surface area contributed by atoms with E-state index in [-0.39, 0.29) is 0 Å². The van der Waals surface area contributed by atoms with E-state index in [4.69, 9.17) is 11.6 Å². The molecule has 0 bridgehead atoms. The van der Waals surface area contributed by atoms with Gasteiger partial charge in [-0.1, -0.05) is 0 Å². The van der Waals surface area contributed by atoms with Crippen LogP contribution in [-0.4, -0.2) is 26.2 Å². The molecule has 0 aliphatic heterocycles. The van der Waals surface area contributed by atoms with Gasteiger partial charge in [-0.3, -0.25) is 0 Å². The highest BCUT2D eigenvalue weighted by atomic mass is 16.6. The quantitative estimate of drug-likeness (QED) is 0.315. The third kappa shape index (κ3) is 7.84. The molecule has 4 heteroatoms. The second-order valence-corrected chi connectivity index (χ2v) is 1.76. The van der Waals surface area contributed by atoms with Crippen LogP contribution < -0.4 is 16.9 Å². The van der Waals surface area contributed by atoms with E-state index >= 15 is 0 Å². The minimum absolute atomic E-state index is 0.560. The summed E-state index contributed by atoms with van der Waals surface area (Å²) in [5, 5.41) is 3.10. The van der Waals surface area contributed by atoms with Gasteiger partial charge < -0.3 is 15.9 Å². The number of hydrogen-bond donors (Lipinski definition) is 3. The highest BCUT2D eigenvalue weighted by Gasteiger charge is 1.83. The lowest BCUT2D eigenvalue weighted by Gasteiger charge is -2.00. The monoisotopic (exact) mass is 133 g/mol. The molecule has 0 spiro atoms. The Balaban J connectivity index is 2.60. The molecular formula is C5H15N3O. The molecule has 0 amide bonds. The number of rotatable bonds is 6. The van der Waals surface area contributed by atoms with Crippen LogP contribution in [0.5, 0.6) is 0 Å². The number of nitrogens with two attached hydrogens (primary N) is 2. The van der Waals surface area contributed by atoms with Crippen molar-refractivity contribution < 1.29 is 4.84 Å². The molecule has 0 rings (SSSR count). The van der Waals surface area contributed by atoms with Gasteiger partial charge >= 0.3 is 0 Å². The van der Waals surface area contributed by atoms with Crippen LogP contribution in [0.4, 0.5) is 0 Å². The molecule has 5 N–H and O–H groups in total. The van der Waals surface area contributed by atoms with Gasteiger partial charge in [0.15, 0.2) is 0 Å². The standard InChI is InChI=1S/C5H15N3O/c6-2-1-3-8-4-5-9-7/h8H,1-7H2. The molecule has 0 saturated heterocycles. The first-order valence-electron chi connectivity index (χ1n) is 3.14. The summed E-state index contributed by atoms with van der Waals surface area (Å²) in [5.74, 6) is 4.78. The average Bonchev–Trinajstić information content (AvgIpc) is 1.89. The van der Waals surface area contributed by atoms with Crippen LogP contribution in [0.2, 0.25) is 0 Å². The van der Waals surface area contributed by atoms with Gasteiger partial charge in [-0.25, -0.2) is 5.90 Å². The van der Waals surface area contributed by atoms with E-state index in [0.717, 1.165) is 26.1 Å². The van der Waals surface area contributed by atoms with Crippen molar-refractivity contribution in [2.75, 3.05) is 26.2 Å². The van der Waals surface area contributed by atoms with E-state index in [0.29, 0.717) is 6.61 Å². The van der Waals surface area contributed by atoms with E-state index in [1.165, 1.54) is 0 Å². The molecule has 4 nitrogen and oxygen atoms in total. The van der Waals surface area contributed by atoms with Crippen LogP contribution in [0.15, 0.2) is 0 Å². The Bertz CT molecular complexity index is 45.5. The molecule has 56 valence electrons.